The zero-order chi connectivity index (χ0) is 38.4. The molecule has 1 saturated heterocycles. The number of aliphatic hydroxyl groups is 1. The van der Waals surface area contributed by atoms with E-state index in [-0.39, 0.29) is 46.9 Å². The molecule has 11 atom stereocenters. The highest BCUT2D eigenvalue weighted by atomic mass is 16.7. The largest absolute Gasteiger partial charge is 0.454 e. The van der Waals surface area contributed by atoms with Crippen LogP contribution in [0.4, 0.5) is 0 Å². The molecule has 1 aliphatic heterocycles. The summed E-state index contributed by atoms with van der Waals surface area (Å²) in [7, 11) is 0. The van der Waals surface area contributed by atoms with Crippen molar-refractivity contribution in [3.8, 4) is 0 Å². The first kappa shape index (κ1) is 37.2. The predicted octanol–water partition coefficient (Wildman–Crippen LogP) is 7.67. The minimum atomic E-state index is -1.25. The molecule has 288 valence electrons. The quantitative estimate of drug-likeness (QED) is 0.0798. The average molecular weight is 750 g/mol. The molecule has 12 heteroatoms. The second-order valence-corrected chi connectivity index (χ2v) is 16.4. The van der Waals surface area contributed by atoms with Crippen molar-refractivity contribution in [2.45, 2.75) is 107 Å². The van der Waals surface area contributed by atoms with Gasteiger partial charge >= 0.3 is 17.6 Å². The maximum atomic E-state index is 13.5. The molecular weight excluding hydrogens is 702 g/mol. The fraction of sp³-hybridized carbons (Fsp3) is 0.512. The first-order valence-corrected chi connectivity index (χ1v) is 19.4. The molecule has 12 nitrogen and oxygen atoms in total. The van der Waals surface area contributed by atoms with Crippen LogP contribution in [0.25, 0.3) is 10.4 Å². The SMILES string of the molecule is C[C@]12CC[C@H](OC3OC[C@H](N=[N+]=[N-])[C@@H](OC(=O)c4ccccc4)[C@H]3OC(=O)c3ccccc3)C=C1CCC1C2CC[C@]2(C)[C@@H](c3ccc(=O)oc3)CC[C@]12O. The number of esters is 2. The topological polar surface area (TPSA) is 170 Å². The van der Waals surface area contributed by atoms with E-state index in [4.69, 9.17) is 23.4 Å². The lowest BCUT2D eigenvalue weighted by Crippen LogP contribution is -2.60. The summed E-state index contributed by atoms with van der Waals surface area (Å²) in [6, 6.07) is 19.3. The summed E-state index contributed by atoms with van der Waals surface area (Å²) in [5, 5.41) is 16.5. The van der Waals surface area contributed by atoms with Gasteiger partial charge in [-0.2, -0.15) is 0 Å². The minimum absolute atomic E-state index is 0.112. The summed E-state index contributed by atoms with van der Waals surface area (Å²) < 4.78 is 30.1. The lowest BCUT2D eigenvalue weighted by molar-refractivity contribution is -0.258. The Morgan fingerprint density at radius 2 is 1.55 bits per heavy atom. The highest BCUT2D eigenvalue weighted by Crippen LogP contribution is 2.70. The van der Waals surface area contributed by atoms with Gasteiger partial charge in [-0.1, -0.05) is 67.0 Å². The first-order valence-electron chi connectivity index (χ1n) is 19.4. The van der Waals surface area contributed by atoms with Crippen molar-refractivity contribution >= 4 is 11.9 Å². The summed E-state index contributed by atoms with van der Waals surface area (Å²) in [6.07, 6.45) is 6.40. The van der Waals surface area contributed by atoms with Crippen LogP contribution in [-0.2, 0) is 18.9 Å². The van der Waals surface area contributed by atoms with Crippen LogP contribution >= 0.6 is 0 Å². The van der Waals surface area contributed by atoms with Crippen molar-refractivity contribution in [3.63, 3.8) is 0 Å². The number of benzene rings is 2. The van der Waals surface area contributed by atoms with Crippen LogP contribution in [0.3, 0.4) is 0 Å². The van der Waals surface area contributed by atoms with E-state index >= 15 is 0 Å². The highest BCUT2D eigenvalue weighted by Gasteiger charge is 2.66. The number of azide groups is 1. The Morgan fingerprint density at radius 1 is 0.855 bits per heavy atom. The molecule has 4 aliphatic carbocycles. The molecule has 1 N–H and O–H groups in total. The zero-order valence-electron chi connectivity index (χ0n) is 31.1. The Hall–Kier alpha value is -4.74. The molecule has 0 bridgehead atoms. The predicted molar refractivity (Wildman–Crippen MR) is 200 cm³/mol. The van der Waals surface area contributed by atoms with Crippen LogP contribution in [0.2, 0.25) is 0 Å². The summed E-state index contributed by atoms with van der Waals surface area (Å²) >= 11 is 0. The van der Waals surface area contributed by atoms with Crippen molar-refractivity contribution < 1.29 is 38.1 Å². The number of nitrogens with zero attached hydrogens (tertiary/aromatic N) is 3. The fourth-order valence-corrected chi connectivity index (χ4v) is 10.9. The standard InChI is InChI=1S/C43H47N3O9/c1-41-20-17-30(23-29(41)14-15-33-32(41)18-21-42(2)31(19-22-43(33,42)50)28-13-16-35(47)51-24-28)53-40-37(55-39(49)27-11-7-4-8-12-27)36(34(25-52-40)45-46-44)54-38(48)26-9-5-3-6-10-26/h3-13,16,23-24,30-34,36-37,40,50H,14-15,17-22,25H2,1-2H3/t30-,31+,32?,33?,34-,36+,37+,40?,41-,42+,43-/m0/s1. The van der Waals surface area contributed by atoms with Crippen molar-refractivity contribution in [2.75, 3.05) is 6.61 Å². The Morgan fingerprint density at radius 3 is 2.20 bits per heavy atom. The van der Waals surface area contributed by atoms with Gasteiger partial charge in [0.2, 0.25) is 0 Å². The first-order chi connectivity index (χ1) is 26.5. The molecule has 2 heterocycles. The van der Waals surface area contributed by atoms with E-state index in [1.165, 1.54) is 11.6 Å². The number of fused-ring (bicyclic) bond motifs is 5. The van der Waals surface area contributed by atoms with Crippen molar-refractivity contribution in [2.24, 2.45) is 27.8 Å². The van der Waals surface area contributed by atoms with Gasteiger partial charge in [-0.05, 0) is 116 Å². The Balaban J connectivity index is 1.04. The van der Waals surface area contributed by atoms with Gasteiger partial charge in [-0.25, -0.2) is 14.4 Å². The third kappa shape index (κ3) is 6.58. The molecule has 4 fully saturated rings. The minimum Gasteiger partial charge on any atom is -0.454 e. The molecule has 0 amide bonds. The van der Waals surface area contributed by atoms with Gasteiger partial charge in [0.1, 0.15) is 6.04 Å². The van der Waals surface area contributed by atoms with E-state index in [0.29, 0.717) is 24.0 Å². The lowest BCUT2D eigenvalue weighted by Gasteiger charge is -2.62. The molecular formula is C43H47N3O9. The Kier molecular flexibility index (Phi) is 9.96. The van der Waals surface area contributed by atoms with Crippen LogP contribution in [-0.4, -0.2) is 59.9 Å². The Labute approximate surface area is 319 Å². The number of ether oxygens (including phenoxy) is 4. The second-order valence-electron chi connectivity index (χ2n) is 16.4. The van der Waals surface area contributed by atoms with E-state index in [1.54, 1.807) is 66.9 Å². The van der Waals surface area contributed by atoms with Crippen LogP contribution < -0.4 is 5.63 Å². The van der Waals surface area contributed by atoms with Gasteiger partial charge in [-0.15, -0.1) is 0 Å². The molecule has 55 heavy (non-hydrogen) atoms. The molecule has 0 radical (unpaired) electrons. The second kappa shape index (κ2) is 14.7. The van der Waals surface area contributed by atoms with Gasteiger partial charge in [0, 0.05) is 16.4 Å². The van der Waals surface area contributed by atoms with Crippen LogP contribution in [0.15, 0.2) is 105 Å². The highest BCUT2D eigenvalue weighted by molar-refractivity contribution is 5.90. The summed E-state index contributed by atoms with van der Waals surface area (Å²) in [5.41, 5.74) is 10.6. The smallest absolute Gasteiger partial charge is 0.338 e. The number of hydrogen-bond donors (Lipinski definition) is 1. The van der Waals surface area contributed by atoms with E-state index in [1.807, 2.05) is 6.07 Å². The Bertz CT molecular complexity index is 2030. The van der Waals surface area contributed by atoms with Crippen LogP contribution in [0.5, 0.6) is 0 Å². The number of rotatable bonds is 8. The van der Waals surface area contributed by atoms with Crippen molar-refractivity contribution in [3.05, 3.63) is 128 Å². The van der Waals surface area contributed by atoms with Crippen molar-refractivity contribution in [1.29, 1.82) is 0 Å². The number of carbonyl (C=O) groups is 2. The van der Waals surface area contributed by atoms with Gasteiger partial charge in [0.25, 0.3) is 0 Å². The lowest BCUT2D eigenvalue weighted by atomic mass is 9.45. The normalized spacial score (nSPS) is 36.5. The molecule has 2 aromatic carbocycles. The molecule has 8 rings (SSSR count). The molecule has 5 aliphatic rings. The van der Waals surface area contributed by atoms with E-state index in [2.05, 4.69) is 29.9 Å². The molecule has 3 saturated carbocycles. The monoisotopic (exact) mass is 749 g/mol. The summed E-state index contributed by atoms with van der Waals surface area (Å²) in [6.45, 7) is 4.45. The molecule has 3 unspecified atom stereocenters. The third-order valence-corrected chi connectivity index (χ3v) is 13.8. The van der Waals surface area contributed by atoms with Gasteiger partial charge in [-0.3, -0.25) is 0 Å². The third-order valence-electron chi connectivity index (χ3n) is 13.8. The van der Waals surface area contributed by atoms with E-state index in [9.17, 15) is 25.0 Å². The van der Waals surface area contributed by atoms with Crippen LogP contribution in [0.1, 0.15) is 97.4 Å². The van der Waals surface area contributed by atoms with Crippen molar-refractivity contribution in [1.82, 2.24) is 0 Å². The molecule has 3 aromatic rings. The maximum absolute atomic E-state index is 13.5. The van der Waals surface area contributed by atoms with Gasteiger partial charge in [0.05, 0.1) is 35.7 Å². The van der Waals surface area contributed by atoms with Gasteiger partial charge in [0.15, 0.2) is 18.5 Å². The van der Waals surface area contributed by atoms with E-state index < -0.39 is 42.1 Å². The van der Waals surface area contributed by atoms with Gasteiger partial charge < -0.3 is 28.5 Å². The van der Waals surface area contributed by atoms with Crippen LogP contribution in [0, 0.1) is 22.7 Å². The summed E-state index contributed by atoms with van der Waals surface area (Å²) in [5.74, 6) is -0.785. The van der Waals surface area contributed by atoms with E-state index in [0.717, 1.165) is 44.1 Å². The summed E-state index contributed by atoms with van der Waals surface area (Å²) in [4.78, 5) is 41.5. The fourth-order valence-electron chi connectivity index (χ4n) is 10.9. The number of carbonyl (C=O) groups excluding carboxylic acids is 2. The average Bonchev–Trinajstić information content (AvgIpc) is 3.48. The number of allylic oxidation sites excluding steroid dienone is 1. The number of hydrogen-bond acceptors (Lipinski definition) is 10. The molecule has 1 aromatic heterocycles. The molecule has 0 spiro atoms. The maximum Gasteiger partial charge on any atom is 0.338 e. The zero-order valence-corrected chi connectivity index (χ0v) is 31.1.